The molecule has 1 aliphatic carbocycles. The summed E-state index contributed by atoms with van der Waals surface area (Å²) in [6.07, 6.45) is 6.86. The zero-order chi connectivity index (χ0) is 15.4. The van der Waals surface area contributed by atoms with Gasteiger partial charge in [-0.25, -0.2) is 0 Å². The molecular weight excluding hydrogens is 300 g/mol. The van der Waals surface area contributed by atoms with E-state index >= 15 is 0 Å². The quantitative estimate of drug-likeness (QED) is 0.895. The predicted octanol–water partition coefficient (Wildman–Crippen LogP) is 3.14. The molecule has 1 saturated carbocycles. The summed E-state index contributed by atoms with van der Waals surface area (Å²) in [7, 11) is 0. The van der Waals surface area contributed by atoms with Gasteiger partial charge >= 0.3 is 0 Å². The average Bonchev–Trinajstić information content (AvgIpc) is 3.03. The fourth-order valence-electron chi connectivity index (χ4n) is 3.21. The highest BCUT2D eigenvalue weighted by atomic mass is 35.5. The number of benzene rings is 1. The molecule has 3 rings (SSSR count). The molecule has 2 aliphatic rings. The van der Waals surface area contributed by atoms with Crippen molar-refractivity contribution < 1.29 is 9.53 Å². The number of hydrogen-bond acceptors (Lipinski definition) is 3. The Hall–Kier alpha value is -1.26. The van der Waals surface area contributed by atoms with Gasteiger partial charge in [-0.1, -0.05) is 11.6 Å². The SMILES string of the molecule is O=C(N[C@H]1CCCNC1)c1cc(Cl)ccc1OC1CCCC1. The maximum atomic E-state index is 12.6. The van der Waals surface area contributed by atoms with Gasteiger partial charge in [0.2, 0.25) is 0 Å². The molecule has 120 valence electrons. The van der Waals surface area contributed by atoms with E-state index in [-0.39, 0.29) is 18.1 Å². The van der Waals surface area contributed by atoms with Crippen LogP contribution in [0, 0.1) is 0 Å². The molecule has 2 fully saturated rings. The van der Waals surface area contributed by atoms with Crippen molar-refractivity contribution in [2.24, 2.45) is 0 Å². The number of rotatable bonds is 4. The Labute approximate surface area is 136 Å². The van der Waals surface area contributed by atoms with E-state index in [0.29, 0.717) is 16.3 Å². The normalized spacial score (nSPS) is 22.5. The summed E-state index contributed by atoms with van der Waals surface area (Å²) in [4.78, 5) is 12.6. The zero-order valence-corrected chi connectivity index (χ0v) is 13.5. The number of halogens is 1. The van der Waals surface area contributed by atoms with Crippen LogP contribution in [0.15, 0.2) is 18.2 Å². The molecule has 5 heteroatoms. The lowest BCUT2D eigenvalue weighted by Crippen LogP contribution is -2.45. The van der Waals surface area contributed by atoms with Crippen molar-refractivity contribution in [2.75, 3.05) is 13.1 Å². The van der Waals surface area contributed by atoms with Crippen LogP contribution in [0.1, 0.15) is 48.9 Å². The molecule has 0 radical (unpaired) electrons. The van der Waals surface area contributed by atoms with Gasteiger partial charge in [-0.2, -0.15) is 0 Å². The summed E-state index contributed by atoms with van der Waals surface area (Å²) in [6, 6.07) is 5.48. The van der Waals surface area contributed by atoms with Crippen LogP contribution in [-0.2, 0) is 0 Å². The Kier molecular flexibility index (Phi) is 5.21. The van der Waals surface area contributed by atoms with E-state index in [0.717, 1.165) is 38.8 Å². The maximum absolute atomic E-state index is 12.6. The maximum Gasteiger partial charge on any atom is 0.255 e. The molecular formula is C17H23ClN2O2. The molecule has 1 amide bonds. The van der Waals surface area contributed by atoms with E-state index in [1.165, 1.54) is 12.8 Å². The summed E-state index contributed by atoms with van der Waals surface area (Å²) in [5, 5.41) is 6.95. The molecule has 1 saturated heterocycles. The second-order valence-electron chi connectivity index (χ2n) is 6.18. The van der Waals surface area contributed by atoms with E-state index in [1.54, 1.807) is 12.1 Å². The number of carbonyl (C=O) groups is 1. The van der Waals surface area contributed by atoms with Crippen molar-refractivity contribution in [1.82, 2.24) is 10.6 Å². The van der Waals surface area contributed by atoms with Crippen LogP contribution >= 0.6 is 11.6 Å². The van der Waals surface area contributed by atoms with Crippen LogP contribution in [0.25, 0.3) is 0 Å². The van der Waals surface area contributed by atoms with Crippen molar-refractivity contribution in [3.8, 4) is 5.75 Å². The number of hydrogen-bond donors (Lipinski definition) is 2. The third kappa shape index (κ3) is 3.93. The van der Waals surface area contributed by atoms with E-state index < -0.39 is 0 Å². The van der Waals surface area contributed by atoms with Crippen LogP contribution < -0.4 is 15.4 Å². The zero-order valence-electron chi connectivity index (χ0n) is 12.7. The first kappa shape index (κ1) is 15.6. The first-order chi connectivity index (χ1) is 10.7. The minimum absolute atomic E-state index is 0.0933. The lowest BCUT2D eigenvalue weighted by molar-refractivity contribution is 0.0923. The molecule has 1 aromatic rings. The molecule has 1 heterocycles. The van der Waals surface area contributed by atoms with Gasteiger partial charge in [-0.05, 0) is 63.3 Å². The fourth-order valence-corrected chi connectivity index (χ4v) is 3.38. The summed E-state index contributed by atoms with van der Waals surface area (Å²) in [5.74, 6) is 0.557. The van der Waals surface area contributed by atoms with Gasteiger partial charge in [-0.3, -0.25) is 4.79 Å². The van der Waals surface area contributed by atoms with E-state index in [4.69, 9.17) is 16.3 Å². The lowest BCUT2D eigenvalue weighted by Gasteiger charge is -2.24. The van der Waals surface area contributed by atoms with E-state index in [1.807, 2.05) is 6.07 Å². The van der Waals surface area contributed by atoms with Gasteiger partial charge in [0.1, 0.15) is 5.75 Å². The summed E-state index contributed by atoms with van der Waals surface area (Å²) >= 11 is 6.07. The summed E-state index contributed by atoms with van der Waals surface area (Å²) in [6.45, 7) is 1.85. The standard InChI is InChI=1S/C17H23ClN2O2/c18-12-7-8-16(22-14-5-1-2-6-14)15(10-12)17(21)20-13-4-3-9-19-11-13/h7-8,10,13-14,19H,1-6,9,11H2,(H,20,21)/t13-/m0/s1. The second kappa shape index (κ2) is 7.34. The monoisotopic (exact) mass is 322 g/mol. The Morgan fingerprint density at radius 3 is 2.77 bits per heavy atom. The number of carbonyl (C=O) groups excluding carboxylic acids is 1. The molecule has 2 N–H and O–H groups in total. The number of amides is 1. The van der Waals surface area contributed by atoms with Crippen LogP contribution in [0.2, 0.25) is 5.02 Å². The third-order valence-electron chi connectivity index (χ3n) is 4.41. The molecule has 1 aliphatic heterocycles. The van der Waals surface area contributed by atoms with Crippen molar-refractivity contribution in [3.05, 3.63) is 28.8 Å². The molecule has 0 unspecified atom stereocenters. The van der Waals surface area contributed by atoms with Gasteiger partial charge < -0.3 is 15.4 Å². The predicted molar refractivity (Wildman–Crippen MR) is 87.7 cm³/mol. The number of piperidine rings is 1. The van der Waals surface area contributed by atoms with Crippen LogP contribution in [-0.4, -0.2) is 31.1 Å². The van der Waals surface area contributed by atoms with Crippen molar-refractivity contribution in [2.45, 2.75) is 50.7 Å². The highest BCUT2D eigenvalue weighted by molar-refractivity contribution is 6.31. The highest BCUT2D eigenvalue weighted by Crippen LogP contribution is 2.28. The van der Waals surface area contributed by atoms with E-state index in [2.05, 4.69) is 10.6 Å². The first-order valence-electron chi connectivity index (χ1n) is 8.20. The van der Waals surface area contributed by atoms with Crippen LogP contribution in [0.3, 0.4) is 0 Å². The average molecular weight is 323 g/mol. The Morgan fingerprint density at radius 2 is 2.05 bits per heavy atom. The number of ether oxygens (including phenoxy) is 1. The lowest BCUT2D eigenvalue weighted by atomic mass is 10.1. The molecule has 0 bridgehead atoms. The molecule has 4 nitrogen and oxygen atoms in total. The van der Waals surface area contributed by atoms with Gasteiger partial charge in [0.25, 0.3) is 5.91 Å². The highest BCUT2D eigenvalue weighted by Gasteiger charge is 2.22. The van der Waals surface area contributed by atoms with Gasteiger partial charge in [0, 0.05) is 17.6 Å². The first-order valence-corrected chi connectivity index (χ1v) is 8.58. The Morgan fingerprint density at radius 1 is 1.23 bits per heavy atom. The molecule has 1 atom stereocenters. The molecule has 0 aromatic heterocycles. The van der Waals surface area contributed by atoms with Gasteiger partial charge in [-0.15, -0.1) is 0 Å². The molecule has 0 spiro atoms. The van der Waals surface area contributed by atoms with Gasteiger partial charge in [0.15, 0.2) is 0 Å². The fraction of sp³-hybridized carbons (Fsp3) is 0.588. The summed E-state index contributed by atoms with van der Waals surface area (Å²) in [5.41, 5.74) is 0.546. The minimum Gasteiger partial charge on any atom is -0.490 e. The van der Waals surface area contributed by atoms with Crippen LogP contribution in [0.5, 0.6) is 5.75 Å². The Bertz CT molecular complexity index is 523. The minimum atomic E-state index is -0.0933. The van der Waals surface area contributed by atoms with Crippen molar-refractivity contribution >= 4 is 17.5 Å². The largest absolute Gasteiger partial charge is 0.490 e. The van der Waals surface area contributed by atoms with Crippen molar-refractivity contribution in [1.29, 1.82) is 0 Å². The third-order valence-corrected chi connectivity index (χ3v) is 4.65. The summed E-state index contributed by atoms with van der Waals surface area (Å²) < 4.78 is 6.04. The number of nitrogens with one attached hydrogen (secondary N) is 2. The topological polar surface area (TPSA) is 50.4 Å². The van der Waals surface area contributed by atoms with Gasteiger partial charge in [0.05, 0.1) is 11.7 Å². The smallest absolute Gasteiger partial charge is 0.255 e. The molecule has 22 heavy (non-hydrogen) atoms. The Balaban J connectivity index is 1.72. The van der Waals surface area contributed by atoms with E-state index in [9.17, 15) is 4.79 Å². The van der Waals surface area contributed by atoms with Crippen molar-refractivity contribution in [3.63, 3.8) is 0 Å². The van der Waals surface area contributed by atoms with Crippen LogP contribution in [0.4, 0.5) is 0 Å². The molecule has 1 aromatic carbocycles. The second-order valence-corrected chi connectivity index (χ2v) is 6.62.